The fourth-order valence-electron chi connectivity index (χ4n) is 1.48. The molecule has 0 spiro atoms. The van der Waals surface area contributed by atoms with E-state index < -0.39 is 0 Å². The zero-order valence-corrected chi connectivity index (χ0v) is 9.20. The Balaban J connectivity index is 2.26. The van der Waals surface area contributed by atoms with E-state index in [1.165, 1.54) is 11.1 Å². The van der Waals surface area contributed by atoms with Gasteiger partial charge in [-0.25, -0.2) is 4.68 Å². The Labute approximate surface area is 93.5 Å². The van der Waals surface area contributed by atoms with Crippen LogP contribution >= 0.6 is 11.6 Å². The lowest BCUT2D eigenvalue weighted by Crippen LogP contribution is -2.05. The summed E-state index contributed by atoms with van der Waals surface area (Å²) in [7, 11) is 0. The number of aryl methyl sites for hydroxylation is 1. The van der Waals surface area contributed by atoms with Crippen LogP contribution in [-0.4, -0.2) is 9.78 Å². The van der Waals surface area contributed by atoms with Gasteiger partial charge in [-0.05, 0) is 12.5 Å². The number of halogens is 1. The van der Waals surface area contributed by atoms with E-state index >= 15 is 0 Å². The van der Waals surface area contributed by atoms with Gasteiger partial charge in [-0.2, -0.15) is 5.10 Å². The summed E-state index contributed by atoms with van der Waals surface area (Å²) < 4.78 is 1.69. The first kappa shape index (κ1) is 10.1. The van der Waals surface area contributed by atoms with E-state index in [1.54, 1.807) is 10.9 Å². The second kappa shape index (κ2) is 3.95. The standard InChI is InChI=1S/C11H12ClN3/c1-8-3-2-4-9(5-8)7-15-11(13)10(12)6-14-15/h2-6H,7,13H2,1H3. The molecule has 4 heteroatoms. The molecule has 0 fully saturated rings. The molecule has 3 nitrogen and oxygen atoms in total. The number of anilines is 1. The monoisotopic (exact) mass is 221 g/mol. The van der Waals surface area contributed by atoms with Gasteiger partial charge in [0.05, 0.1) is 12.7 Å². The van der Waals surface area contributed by atoms with Crippen LogP contribution in [0.3, 0.4) is 0 Å². The van der Waals surface area contributed by atoms with Crippen LogP contribution in [0.1, 0.15) is 11.1 Å². The molecule has 2 aromatic rings. The van der Waals surface area contributed by atoms with Crippen molar-refractivity contribution in [3.05, 3.63) is 46.6 Å². The zero-order valence-electron chi connectivity index (χ0n) is 8.44. The van der Waals surface area contributed by atoms with Crippen molar-refractivity contribution in [2.75, 3.05) is 5.73 Å². The van der Waals surface area contributed by atoms with Gasteiger partial charge in [0.15, 0.2) is 0 Å². The smallest absolute Gasteiger partial charge is 0.140 e. The van der Waals surface area contributed by atoms with Gasteiger partial charge >= 0.3 is 0 Å². The number of nitrogens with zero attached hydrogens (tertiary/aromatic N) is 2. The van der Waals surface area contributed by atoms with Gasteiger partial charge in [0.2, 0.25) is 0 Å². The first-order chi connectivity index (χ1) is 7.16. The molecule has 0 saturated heterocycles. The molecule has 0 saturated carbocycles. The van der Waals surface area contributed by atoms with Gasteiger partial charge in [0.1, 0.15) is 10.8 Å². The summed E-state index contributed by atoms with van der Waals surface area (Å²) in [5, 5.41) is 4.60. The number of rotatable bonds is 2. The van der Waals surface area contributed by atoms with Gasteiger partial charge < -0.3 is 5.73 Å². The highest BCUT2D eigenvalue weighted by Crippen LogP contribution is 2.18. The van der Waals surface area contributed by atoms with Crippen molar-refractivity contribution in [3.63, 3.8) is 0 Å². The van der Waals surface area contributed by atoms with Crippen LogP contribution in [-0.2, 0) is 6.54 Å². The number of hydrogen-bond acceptors (Lipinski definition) is 2. The van der Waals surface area contributed by atoms with E-state index in [4.69, 9.17) is 17.3 Å². The summed E-state index contributed by atoms with van der Waals surface area (Å²) in [4.78, 5) is 0. The minimum atomic E-state index is 0.502. The first-order valence-electron chi connectivity index (χ1n) is 4.69. The Morgan fingerprint density at radius 1 is 1.47 bits per heavy atom. The second-order valence-electron chi connectivity index (χ2n) is 3.52. The third kappa shape index (κ3) is 2.13. The van der Waals surface area contributed by atoms with Crippen LogP contribution in [0.4, 0.5) is 5.82 Å². The third-order valence-corrected chi connectivity index (χ3v) is 2.54. The highest BCUT2D eigenvalue weighted by atomic mass is 35.5. The largest absolute Gasteiger partial charge is 0.383 e. The molecule has 0 amide bonds. The predicted octanol–water partition coefficient (Wildman–Crippen LogP) is 2.48. The third-order valence-electron chi connectivity index (χ3n) is 2.25. The Kier molecular flexibility index (Phi) is 2.64. The SMILES string of the molecule is Cc1cccc(Cn2ncc(Cl)c2N)c1. The topological polar surface area (TPSA) is 43.8 Å². The molecular formula is C11H12ClN3. The molecule has 0 aliphatic heterocycles. The average Bonchev–Trinajstić information content (AvgIpc) is 2.50. The van der Waals surface area contributed by atoms with Crippen LogP contribution in [0.2, 0.25) is 5.02 Å². The molecule has 0 bridgehead atoms. The minimum absolute atomic E-state index is 0.502. The van der Waals surface area contributed by atoms with Crippen molar-refractivity contribution < 1.29 is 0 Å². The summed E-state index contributed by atoms with van der Waals surface area (Å²) >= 11 is 5.82. The number of aromatic nitrogens is 2. The van der Waals surface area contributed by atoms with Crippen LogP contribution in [0.25, 0.3) is 0 Å². The Morgan fingerprint density at radius 3 is 2.87 bits per heavy atom. The Hall–Kier alpha value is -1.48. The van der Waals surface area contributed by atoms with Gasteiger partial charge in [0, 0.05) is 0 Å². The maximum atomic E-state index is 5.82. The van der Waals surface area contributed by atoms with Crippen molar-refractivity contribution in [2.24, 2.45) is 0 Å². The molecule has 1 aromatic carbocycles. The van der Waals surface area contributed by atoms with Gasteiger partial charge in [-0.3, -0.25) is 0 Å². The number of nitrogens with two attached hydrogens (primary N) is 1. The van der Waals surface area contributed by atoms with E-state index in [-0.39, 0.29) is 0 Å². The molecule has 0 atom stereocenters. The lowest BCUT2D eigenvalue weighted by atomic mass is 10.1. The van der Waals surface area contributed by atoms with Gasteiger partial charge in [-0.15, -0.1) is 0 Å². The lowest BCUT2D eigenvalue weighted by molar-refractivity contribution is 0.697. The second-order valence-corrected chi connectivity index (χ2v) is 3.93. The van der Waals surface area contributed by atoms with E-state index in [0.29, 0.717) is 17.4 Å². The summed E-state index contributed by atoms with van der Waals surface area (Å²) in [6.07, 6.45) is 1.56. The number of benzene rings is 1. The predicted molar refractivity (Wildman–Crippen MR) is 61.9 cm³/mol. The quantitative estimate of drug-likeness (QED) is 0.847. The molecule has 0 radical (unpaired) electrons. The van der Waals surface area contributed by atoms with E-state index in [2.05, 4.69) is 24.2 Å². The molecule has 0 aliphatic rings. The van der Waals surface area contributed by atoms with Crippen LogP contribution < -0.4 is 5.73 Å². The lowest BCUT2D eigenvalue weighted by Gasteiger charge is -2.05. The summed E-state index contributed by atoms with van der Waals surface area (Å²) in [5.41, 5.74) is 8.15. The van der Waals surface area contributed by atoms with Crippen LogP contribution in [0.15, 0.2) is 30.5 Å². The van der Waals surface area contributed by atoms with Crippen LogP contribution in [0.5, 0.6) is 0 Å². The molecule has 2 N–H and O–H groups in total. The van der Waals surface area contributed by atoms with Gasteiger partial charge in [0.25, 0.3) is 0 Å². The summed E-state index contributed by atoms with van der Waals surface area (Å²) in [6.45, 7) is 2.71. The maximum Gasteiger partial charge on any atom is 0.140 e. The molecule has 1 aromatic heterocycles. The molecule has 2 rings (SSSR count). The molecule has 0 unspecified atom stereocenters. The fourth-order valence-corrected chi connectivity index (χ4v) is 1.62. The summed E-state index contributed by atoms with van der Waals surface area (Å²) in [5.74, 6) is 0.512. The van der Waals surface area contributed by atoms with Crippen molar-refractivity contribution in [1.82, 2.24) is 9.78 Å². The normalized spacial score (nSPS) is 10.5. The van der Waals surface area contributed by atoms with Crippen molar-refractivity contribution in [1.29, 1.82) is 0 Å². The molecule has 1 heterocycles. The van der Waals surface area contributed by atoms with Crippen molar-refractivity contribution >= 4 is 17.4 Å². The zero-order chi connectivity index (χ0) is 10.8. The molecular weight excluding hydrogens is 210 g/mol. The highest BCUT2D eigenvalue weighted by molar-refractivity contribution is 6.32. The van der Waals surface area contributed by atoms with Crippen LogP contribution in [0, 0.1) is 6.92 Å². The highest BCUT2D eigenvalue weighted by Gasteiger charge is 2.04. The van der Waals surface area contributed by atoms with E-state index in [9.17, 15) is 0 Å². The molecule has 78 valence electrons. The van der Waals surface area contributed by atoms with Crippen molar-refractivity contribution in [2.45, 2.75) is 13.5 Å². The van der Waals surface area contributed by atoms with E-state index in [1.807, 2.05) is 12.1 Å². The Morgan fingerprint density at radius 2 is 2.27 bits per heavy atom. The van der Waals surface area contributed by atoms with Gasteiger partial charge in [-0.1, -0.05) is 41.4 Å². The van der Waals surface area contributed by atoms with Crippen molar-refractivity contribution in [3.8, 4) is 0 Å². The molecule has 0 aliphatic carbocycles. The Bertz CT molecular complexity index is 476. The first-order valence-corrected chi connectivity index (χ1v) is 5.07. The average molecular weight is 222 g/mol. The fraction of sp³-hybridized carbons (Fsp3) is 0.182. The number of nitrogen functional groups attached to an aromatic ring is 1. The maximum absolute atomic E-state index is 5.82. The van der Waals surface area contributed by atoms with E-state index in [0.717, 1.165) is 0 Å². The minimum Gasteiger partial charge on any atom is -0.383 e. The summed E-state index contributed by atoms with van der Waals surface area (Å²) in [6, 6.07) is 8.23. The molecule has 15 heavy (non-hydrogen) atoms. The number of hydrogen-bond donors (Lipinski definition) is 1.